The lowest BCUT2D eigenvalue weighted by Crippen LogP contribution is -2.54. The molecule has 1 saturated heterocycles. The number of ether oxygens (including phenoxy) is 1. The summed E-state index contributed by atoms with van der Waals surface area (Å²) >= 11 is 0. The lowest BCUT2D eigenvalue weighted by molar-refractivity contribution is -0.137. The average Bonchev–Trinajstić information content (AvgIpc) is 2.82. The van der Waals surface area contributed by atoms with E-state index in [0.29, 0.717) is 38.5 Å². The number of amidine groups is 2. The summed E-state index contributed by atoms with van der Waals surface area (Å²) in [7, 11) is 2.02. The highest BCUT2D eigenvalue weighted by Crippen LogP contribution is 2.25. The van der Waals surface area contributed by atoms with Crippen LogP contribution in [-0.2, 0) is 17.9 Å². The Morgan fingerprint density at radius 3 is 2.56 bits per heavy atom. The van der Waals surface area contributed by atoms with Crippen LogP contribution in [0.15, 0.2) is 48.5 Å². The minimum Gasteiger partial charge on any atom is -0.489 e. The lowest BCUT2D eigenvalue weighted by Gasteiger charge is -2.38. The first kappa shape index (κ1) is 27.3. The third-order valence-corrected chi connectivity index (χ3v) is 6.13. The second-order valence-corrected chi connectivity index (χ2v) is 10.0. The van der Waals surface area contributed by atoms with Crippen molar-refractivity contribution in [3.05, 3.63) is 65.2 Å². The summed E-state index contributed by atoms with van der Waals surface area (Å²) in [6.45, 7) is 5.41. The molecule has 9 heteroatoms. The number of carboxylic acid groups (broad SMARTS) is 1. The van der Waals surface area contributed by atoms with E-state index in [0.717, 1.165) is 16.7 Å². The van der Waals surface area contributed by atoms with E-state index in [4.69, 9.17) is 20.7 Å². The van der Waals surface area contributed by atoms with Crippen LogP contribution in [0.2, 0.25) is 0 Å². The molecule has 1 aliphatic heterocycles. The van der Waals surface area contributed by atoms with Crippen LogP contribution >= 0.6 is 9.24 Å². The first-order chi connectivity index (χ1) is 17.1. The molecule has 1 heterocycles. The predicted octanol–water partition coefficient (Wildman–Crippen LogP) is 4.48. The van der Waals surface area contributed by atoms with Gasteiger partial charge in [-0.3, -0.25) is 20.5 Å². The van der Waals surface area contributed by atoms with E-state index < -0.39 is 11.4 Å². The minimum atomic E-state index is -1.85. The minimum absolute atomic E-state index is 0.0439. The van der Waals surface area contributed by atoms with Crippen molar-refractivity contribution in [2.75, 3.05) is 19.6 Å². The molecule has 0 saturated carbocycles. The van der Waals surface area contributed by atoms with Crippen molar-refractivity contribution >= 4 is 26.9 Å². The highest BCUT2D eigenvalue weighted by Gasteiger charge is 2.33. The number of benzene rings is 2. The van der Waals surface area contributed by atoms with Crippen molar-refractivity contribution in [1.82, 2.24) is 9.80 Å². The average molecular weight is 511 g/mol. The van der Waals surface area contributed by atoms with Gasteiger partial charge in [-0.05, 0) is 42.7 Å². The van der Waals surface area contributed by atoms with Crippen molar-refractivity contribution in [2.45, 2.75) is 44.7 Å². The Balaban J connectivity index is 1.56. The standard InChI is InChI=1S/C27H32FN4O3P/c1-3-5-22(15-25(33)34)21-8-10-23(11-9-21)35-18-20-7-4-6-19(14-20)16-31-12-13-32(24(29)17-31)26(30)27(2,28)36/h4,6-11,14,22,29-30H,12-13,15-18,36H2,1-2H3,(H,33,34). The van der Waals surface area contributed by atoms with E-state index in [1.165, 1.54) is 11.8 Å². The number of hydrogen-bond donors (Lipinski definition) is 3. The molecule has 3 unspecified atom stereocenters. The van der Waals surface area contributed by atoms with Gasteiger partial charge in [0.1, 0.15) is 24.0 Å². The van der Waals surface area contributed by atoms with Crippen LogP contribution in [0.4, 0.5) is 4.39 Å². The number of nitrogens with zero attached hydrogens (tertiary/aromatic N) is 2. The van der Waals surface area contributed by atoms with Crippen molar-refractivity contribution in [3.8, 4) is 17.6 Å². The summed E-state index contributed by atoms with van der Waals surface area (Å²) in [5.41, 5.74) is 2.93. The molecule has 0 aliphatic carbocycles. The Hall–Kier alpha value is -3.27. The van der Waals surface area contributed by atoms with Gasteiger partial charge in [0.2, 0.25) is 0 Å². The van der Waals surface area contributed by atoms with E-state index in [1.54, 1.807) is 6.92 Å². The normalized spacial score (nSPS) is 16.4. The molecule has 3 rings (SSSR count). The third kappa shape index (κ3) is 7.61. The summed E-state index contributed by atoms with van der Waals surface area (Å²) in [4.78, 5) is 14.6. The fourth-order valence-electron chi connectivity index (χ4n) is 4.04. The van der Waals surface area contributed by atoms with Crippen LogP contribution in [0.1, 0.15) is 42.9 Å². The Kier molecular flexibility index (Phi) is 9.19. The Morgan fingerprint density at radius 1 is 1.25 bits per heavy atom. The maximum atomic E-state index is 14.1. The molecular weight excluding hydrogens is 478 g/mol. The Morgan fingerprint density at radius 2 is 1.94 bits per heavy atom. The summed E-state index contributed by atoms with van der Waals surface area (Å²) in [5, 5.41) is 23.5. The molecule has 3 atom stereocenters. The molecule has 2 aromatic rings. The number of rotatable bonds is 9. The molecule has 0 spiro atoms. The highest BCUT2D eigenvalue weighted by atomic mass is 31.0. The summed E-state index contributed by atoms with van der Waals surface area (Å²) in [6, 6.07) is 15.4. The van der Waals surface area contributed by atoms with E-state index in [-0.39, 0.29) is 24.0 Å². The van der Waals surface area contributed by atoms with Gasteiger partial charge in [0.15, 0.2) is 5.41 Å². The van der Waals surface area contributed by atoms with Crippen molar-refractivity contribution in [2.24, 2.45) is 0 Å². The van der Waals surface area contributed by atoms with Gasteiger partial charge in [-0.25, -0.2) is 4.39 Å². The van der Waals surface area contributed by atoms with Gasteiger partial charge in [-0.2, -0.15) is 0 Å². The fourth-order valence-corrected chi connectivity index (χ4v) is 4.19. The Bertz CT molecular complexity index is 1170. The number of hydrogen-bond acceptors (Lipinski definition) is 5. The van der Waals surface area contributed by atoms with Gasteiger partial charge >= 0.3 is 5.97 Å². The molecule has 36 heavy (non-hydrogen) atoms. The molecule has 1 fully saturated rings. The van der Waals surface area contributed by atoms with Gasteiger partial charge in [0.05, 0.1) is 18.9 Å². The quantitative estimate of drug-likeness (QED) is 0.200. The van der Waals surface area contributed by atoms with E-state index >= 15 is 0 Å². The first-order valence-corrected chi connectivity index (χ1v) is 12.2. The molecular formula is C27H32FN4O3P. The van der Waals surface area contributed by atoms with E-state index in [2.05, 4.69) is 22.8 Å². The van der Waals surface area contributed by atoms with Crippen molar-refractivity contribution < 1.29 is 19.0 Å². The van der Waals surface area contributed by atoms with Crippen molar-refractivity contribution in [3.63, 3.8) is 0 Å². The smallest absolute Gasteiger partial charge is 0.304 e. The molecule has 1 aliphatic rings. The lowest BCUT2D eigenvalue weighted by atomic mass is 9.96. The highest BCUT2D eigenvalue weighted by molar-refractivity contribution is 7.20. The zero-order valence-corrected chi connectivity index (χ0v) is 21.7. The number of piperazine rings is 1. The maximum absolute atomic E-state index is 14.1. The van der Waals surface area contributed by atoms with Gasteiger partial charge < -0.3 is 14.7 Å². The first-order valence-electron chi connectivity index (χ1n) is 11.7. The second kappa shape index (κ2) is 12.1. The summed E-state index contributed by atoms with van der Waals surface area (Å²) in [5.74, 6) is 5.20. The largest absolute Gasteiger partial charge is 0.489 e. The predicted molar refractivity (Wildman–Crippen MR) is 142 cm³/mol. The number of carbonyl (C=O) groups is 1. The second-order valence-electron chi connectivity index (χ2n) is 8.96. The molecule has 0 radical (unpaired) electrons. The zero-order chi connectivity index (χ0) is 26.3. The van der Waals surface area contributed by atoms with Crippen LogP contribution in [0.3, 0.4) is 0 Å². The van der Waals surface area contributed by atoms with Gasteiger partial charge in [0.25, 0.3) is 0 Å². The van der Waals surface area contributed by atoms with E-state index in [1.807, 2.05) is 51.7 Å². The molecule has 0 amide bonds. The SMILES string of the molecule is CC#CC(CC(=O)O)c1ccc(OCc2cccc(CN3CCN(C(=N)C(C)(F)P)C(=N)C3)c2)cc1. The van der Waals surface area contributed by atoms with Crippen LogP contribution in [0, 0.1) is 22.7 Å². The van der Waals surface area contributed by atoms with Gasteiger partial charge in [-0.15, -0.1) is 5.92 Å². The maximum Gasteiger partial charge on any atom is 0.304 e. The number of nitrogens with one attached hydrogen (secondary N) is 2. The number of halogens is 1. The molecule has 190 valence electrons. The van der Waals surface area contributed by atoms with Crippen LogP contribution in [0.25, 0.3) is 0 Å². The van der Waals surface area contributed by atoms with Gasteiger partial charge in [-0.1, -0.05) is 51.6 Å². The molecule has 7 nitrogen and oxygen atoms in total. The van der Waals surface area contributed by atoms with Crippen LogP contribution < -0.4 is 4.74 Å². The fraction of sp³-hybridized carbons (Fsp3) is 0.370. The number of alkyl halides is 1. The summed E-state index contributed by atoms with van der Waals surface area (Å²) in [6.07, 6.45) is -0.0439. The molecule has 0 aromatic heterocycles. The molecule has 2 aromatic carbocycles. The third-order valence-electron chi connectivity index (χ3n) is 5.85. The topological polar surface area (TPSA) is 101 Å². The zero-order valence-electron chi connectivity index (χ0n) is 20.6. The van der Waals surface area contributed by atoms with Crippen LogP contribution in [-0.4, -0.2) is 57.6 Å². The molecule has 3 N–H and O–H groups in total. The summed E-state index contributed by atoms with van der Waals surface area (Å²) < 4.78 is 20.0. The number of aliphatic carboxylic acids is 1. The van der Waals surface area contributed by atoms with Crippen molar-refractivity contribution in [1.29, 1.82) is 10.8 Å². The molecule has 0 bridgehead atoms. The number of carboxylic acids is 1. The monoisotopic (exact) mass is 510 g/mol. The Labute approximate surface area is 213 Å². The van der Waals surface area contributed by atoms with E-state index in [9.17, 15) is 9.18 Å². The van der Waals surface area contributed by atoms with Gasteiger partial charge in [0, 0.05) is 19.6 Å². The van der Waals surface area contributed by atoms with Crippen LogP contribution in [0.5, 0.6) is 5.75 Å².